The van der Waals surface area contributed by atoms with Gasteiger partial charge in [0.05, 0.1) is 26.4 Å². The zero-order valence-electron chi connectivity index (χ0n) is 20.5. The molecule has 0 heterocycles. The molecule has 0 fully saturated rings. The molecule has 0 aromatic rings. The van der Waals surface area contributed by atoms with Crippen LogP contribution in [0.5, 0.6) is 0 Å². The van der Waals surface area contributed by atoms with Crippen molar-refractivity contribution >= 4 is 14.8 Å². The van der Waals surface area contributed by atoms with Crippen LogP contribution in [0.4, 0.5) is 0 Å². The topological polar surface area (TPSA) is 90.9 Å². The minimum Gasteiger partial charge on any atom is -0.435 e. The lowest BCUT2D eigenvalue weighted by Gasteiger charge is -2.28. The largest absolute Gasteiger partial charge is 0.528 e. The molecule has 0 aliphatic carbocycles. The first-order valence-electron chi connectivity index (χ1n) is 10.7. The van der Waals surface area contributed by atoms with Gasteiger partial charge in [-0.25, -0.2) is 4.79 Å². The third-order valence-corrected chi connectivity index (χ3v) is 6.27. The highest BCUT2D eigenvalue weighted by atomic mass is 28.4. The second-order valence-electron chi connectivity index (χ2n) is 6.77. The van der Waals surface area contributed by atoms with Crippen molar-refractivity contribution in [1.82, 2.24) is 0 Å². The molecule has 0 saturated carbocycles. The van der Waals surface area contributed by atoms with Crippen molar-refractivity contribution in [2.45, 2.75) is 34.6 Å². The molecule has 2 atom stereocenters. The Balaban J connectivity index is 0. The summed E-state index contributed by atoms with van der Waals surface area (Å²) in [6, 6.07) is 0. The third-order valence-electron chi connectivity index (χ3n) is 3.53. The minimum atomic E-state index is -2.65. The van der Waals surface area contributed by atoms with E-state index >= 15 is 0 Å². The van der Waals surface area contributed by atoms with E-state index in [1.165, 1.54) is 0 Å². The predicted octanol–water partition coefficient (Wildman–Crippen LogP) is 2.85. The third kappa shape index (κ3) is 19.5. The van der Waals surface area contributed by atoms with Crippen LogP contribution in [0.25, 0.3) is 0 Å². The van der Waals surface area contributed by atoms with E-state index in [2.05, 4.69) is 18.2 Å². The smallest absolute Gasteiger partial charge is 0.435 e. The van der Waals surface area contributed by atoms with E-state index in [9.17, 15) is 4.79 Å². The van der Waals surface area contributed by atoms with Crippen molar-refractivity contribution in [2.75, 3.05) is 73.5 Å². The molecule has 0 N–H and O–H groups in total. The van der Waals surface area contributed by atoms with Gasteiger partial charge in [0.1, 0.15) is 6.23 Å². The number of esters is 1. The number of rotatable bonds is 19. The van der Waals surface area contributed by atoms with Crippen LogP contribution in [0.15, 0.2) is 12.7 Å². The van der Waals surface area contributed by atoms with Crippen molar-refractivity contribution in [2.24, 2.45) is 11.8 Å². The molecule has 0 saturated heterocycles. The Kier molecular flexibility index (Phi) is 23.3. The zero-order chi connectivity index (χ0) is 24.0. The maximum absolute atomic E-state index is 10.5. The quantitative estimate of drug-likeness (QED) is 0.0933. The summed E-state index contributed by atoms with van der Waals surface area (Å²) >= 11 is 0. The second-order valence-corrected chi connectivity index (χ2v) is 9.30. The van der Waals surface area contributed by atoms with Crippen molar-refractivity contribution in [3.63, 3.8) is 0 Å². The minimum absolute atomic E-state index is 0.0289. The van der Waals surface area contributed by atoms with Gasteiger partial charge in [0.2, 0.25) is 0 Å². The van der Waals surface area contributed by atoms with Crippen LogP contribution < -0.4 is 0 Å². The molecule has 0 rings (SSSR count). The van der Waals surface area contributed by atoms with E-state index in [4.69, 9.17) is 32.2 Å². The Labute approximate surface area is 189 Å². The fraction of sp³-hybridized carbons (Fsp3) is 0.857. The molecule has 0 aliphatic rings. The zero-order valence-corrected chi connectivity index (χ0v) is 21.5. The van der Waals surface area contributed by atoms with Gasteiger partial charge >= 0.3 is 14.8 Å². The van der Waals surface area contributed by atoms with E-state index in [0.29, 0.717) is 64.3 Å². The summed E-state index contributed by atoms with van der Waals surface area (Å²) in [6.45, 7) is 17.3. The highest BCUT2D eigenvalue weighted by molar-refractivity contribution is 6.60. The number of methoxy groups -OCH3 is 2. The number of hydrogen-bond acceptors (Lipinski definition) is 9. The first-order chi connectivity index (χ1) is 14.8. The maximum atomic E-state index is 10.5. The Morgan fingerprint density at radius 1 is 0.839 bits per heavy atom. The Morgan fingerprint density at radius 2 is 1.29 bits per heavy atom. The van der Waals surface area contributed by atoms with E-state index in [-0.39, 0.29) is 6.79 Å². The summed E-state index contributed by atoms with van der Waals surface area (Å²) in [6.07, 6.45) is 1.50. The molecular weight excluding hydrogens is 424 g/mol. The molecular formula is C21H44O9Si. The number of hydrogen-bond donors (Lipinski definition) is 0. The van der Waals surface area contributed by atoms with E-state index in [0.717, 1.165) is 6.08 Å². The molecule has 0 bridgehead atoms. The van der Waals surface area contributed by atoms with E-state index < -0.39 is 14.8 Å². The van der Waals surface area contributed by atoms with Crippen LogP contribution in [-0.2, 0) is 41.8 Å². The average molecular weight is 469 g/mol. The molecule has 186 valence electrons. The number of ether oxygens (including phenoxy) is 5. The molecule has 9 nitrogen and oxygen atoms in total. The SMILES string of the molecule is C=CC(=O)OCOCC(C)COC.CCO[Si](COCC(C)COC)(OCC)OCC. The van der Waals surface area contributed by atoms with Crippen LogP contribution >= 0.6 is 0 Å². The molecule has 0 spiro atoms. The molecule has 31 heavy (non-hydrogen) atoms. The van der Waals surface area contributed by atoms with Crippen molar-refractivity contribution in [1.29, 1.82) is 0 Å². The van der Waals surface area contributed by atoms with Gasteiger partial charge in [-0.15, -0.1) is 0 Å². The fourth-order valence-electron chi connectivity index (χ4n) is 2.37. The number of carbonyl (C=O) groups is 1. The van der Waals surface area contributed by atoms with Gasteiger partial charge in [0.25, 0.3) is 0 Å². The lowest BCUT2D eigenvalue weighted by atomic mass is 10.2. The van der Waals surface area contributed by atoms with Gasteiger partial charge in [-0.2, -0.15) is 0 Å². The summed E-state index contributed by atoms with van der Waals surface area (Å²) in [5.74, 6) is 0.179. The van der Waals surface area contributed by atoms with Crippen LogP contribution in [0.1, 0.15) is 34.6 Å². The Hall–Kier alpha value is -0.853. The standard InChI is InChI=1S/C12H28O5Si.C9H16O4/c1-6-15-18(16-7-2,17-8-3)11-14-10-12(4)9-13-5;1-4-9(10)13-7-12-6-8(2)5-11-3/h12H,6-11H2,1-5H3;4,8H,1,5-7H2,2-3H3. The molecule has 0 aromatic heterocycles. The lowest BCUT2D eigenvalue weighted by molar-refractivity contribution is -0.151. The average Bonchev–Trinajstić information content (AvgIpc) is 2.72. The van der Waals surface area contributed by atoms with Gasteiger partial charge in [0.15, 0.2) is 6.79 Å². The number of carbonyl (C=O) groups excluding carboxylic acids is 1. The summed E-state index contributed by atoms with van der Waals surface area (Å²) in [5.41, 5.74) is 0. The summed E-state index contributed by atoms with van der Waals surface area (Å²) < 4.78 is 42.4. The summed E-state index contributed by atoms with van der Waals surface area (Å²) in [4.78, 5) is 10.5. The summed E-state index contributed by atoms with van der Waals surface area (Å²) in [5, 5.41) is 0. The van der Waals surface area contributed by atoms with Gasteiger partial charge in [0, 0.05) is 52.0 Å². The summed E-state index contributed by atoms with van der Waals surface area (Å²) in [7, 11) is 0.675. The first kappa shape index (κ1) is 32.3. The Morgan fingerprint density at radius 3 is 1.68 bits per heavy atom. The fourth-order valence-corrected chi connectivity index (χ4v) is 4.56. The molecule has 0 aliphatic heterocycles. The molecule has 10 heteroatoms. The predicted molar refractivity (Wildman–Crippen MR) is 121 cm³/mol. The van der Waals surface area contributed by atoms with Gasteiger partial charge < -0.3 is 37.0 Å². The molecule has 0 aromatic carbocycles. The molecule has 0 amide bonds. The monoisotopic (exact) mass is 468 g/mol. The van der Waals surface area contributed by atoms with Crippen LogP contribution in [-0.4, -0.2) is 88.3 Å². The van der Waals surface area contributed by atoms with Gasteiger partial charge in [-0.05, 0) is 20.8 Å². The highest BCUT2D eigenvalue weighted by Gasteiger charge is 2.41. The van der Waals surface area contributed by atoms with Crippen molar-refractivity contribution in [3.05, 3.63) is 12.7 Å². The van der Waals surface area contributed by atoms with Crippen LogP contribution in [0.3, 0.4) is 0 Å². The van der Waals surface area contributed by atoms with Gasteiger partial charge in [-0.1, -0.05) is 20.4 Å². The van der Waals surface area contributed by atoms with E-state index in [1.54, 1.807) is 14.2 Å². The molecule has 2 unspecified atom stereocenters. The van der Waals surface area contributed by atoms with E-state index in [1.807, 2.05) is 27.7 Å². The van der Waals surface area contributed by atoms with Crippen LogP contribution in [0.2, 0.25) is 0 Å². The first-order valence-corrected chi connectivity index (χ1v) is 12.6. The maximum Gasteiger partial charge on any atom is 0.528 e. The normalized spacial score (nSPS) is 13.1. The van der Waals surface area contributed by atoms with Crippen LogP contribution in [0, 0.1) is 11.8 Å². The van der Waals surface area contributed by atoms with Crippen molar-refractivity contribution in [3.8, 4) is 0 Å². The van der Waals surface area contributed by atoms with Crippen molar-refractivity contribution < 1.29 is 41.8 Å². The van der Waals surface area contributed by atoms with Gasteiger partial charge in [-0.3, -0.25) is 0 Å². The highest BCUT2D eigenvalue weighted by Crippen LogP contribution is 2.11. The second kappa shape index (κ2) is 22.3. The molecule has 0 radical (unpaired) electrons. The lowest BCUT2D eigenvalue weighted by Crippen LogP contribution is -2.51. The Bertz CT molecular complexity index is 407.